The van der Waals surface area contributed by atoms with E-state index in [1.807, 2.05) is 49.1 Å². The van der Waals surface area contributed by atoms with Crippen LogP contribution in [0.15, 0.2) is 47.5 Å². The number of pyridine rings is 1. The van der Waals surface area contributed by atoms with Crippen LogP contribution in [0.1, 0.15) is 29.2 Å². The molecule has 4 rings (SSSR count). The molecule has 140 valence electrons. The number of carbonyl (C=O) groups excluding carboxylic acids is 1. The van der Waals surface area contributed by atoms with Gasteiger partial charge in [0, 0.05) is 17.1 Å². The number of para-hydroxylation sites is 1. The molecule has 28 heavy (non-hydrogen) atoms. The van der Waals surface area contributed by atoms with Crippen LogP contribution in [0.2, 0.25) is 0 Å². The van der Waals surface area contributed by atoms with Crippen LogP contribution in [0.4, 0.5) is 5.69 Å². The predicted molar refractivity (Wildman–Crippen MR) is 114 cm³/mol. The van der Waals surface area contributed by atoms with Gasteiger partial charge in [-0.15, -0.1) is 0 Å². The smallest absolute Gasteiger partial charge is 0.237 e. The fourth-order valence-corrected chi connectivity index (χ4v) is 4.77. The number of fused-ring (bicyclic) bond motifs is 2. The van der Waals surface area contributed by atoms with E-state index in [4.69, 9.17) is 4.98 Å². The largest absolute Gasteiger partial charge is 0.308 e. The van der Waals surface area contributed by atoms with Crippen molar-refractivity contribution in [3.05, 3.63) is 64.7 Å². The zero-order chi connectivity index (χ0) is 19.8. The average Bonchev–Trinajstić information content (AvgIpc) is 3.01. The molecule has 5 heteroatoms. The van der Waals surface area contributed by atoms with Crippen molar-refractivity contribution in [1.82, 2.24) is 4.98 Å². The van der Waals surface area contributed by atoms with Crippen molar-refractivity contribution < 1.29 is 4.79 Å². The monoisotopic (exact) mass is 387 g/mol. The molecule has 1 atom stereocenters. The van der Waals surface area contributed by atoms with Crippen molar-refractivity contribution in [1.29, 1.82) is 5.26 Å². The number of rotatable bonds is 3. The number of hydrogen-bond acceptors (Lipinski definition) is 4. The van der Waals surface area contributed by atoms with Crippen molar-refractivity contribution >= 4 is 34.3 Å². The quantitative estimate of drug-likeness (QED) is 0.606. The van der Waals surface area contributed by atoms with Crippen molar-refractivity contribution in [2.24, 2.45) is 0 Å². The molecular weight excluding hydrogens is 366 g/mol. The average molecular weight is 388 g/mol. The van der Waals surface area contributed by atoms with Gasteiger partial charge < -0.3 is 4.90 Å². The molecule has 0 spiro atoms. The van der Waals surface area contributed by atoms with Crippen LogP contribution >= 0.6 is 11.8 Å². The maximum absolute atomic E-state index is 13.0. The van der Waals surface area contributed by atoms with E-state index in [0.29, 0.717) is 10.6 Å². The summed E-state index contributed by atoms with van der Waals surface area (Å²) in [6.07, 6.45) is 0.878. The molecule has 0 saturated carbocycles. The lowest BCUT2D eigenvalue weighted by Gasteiger charge is -2.22. The number of nitrogens with zero attached hydrogens (tertiary/aromatic N) is 3. The van der Waals surface area contributed by atoms with E-state index >= 15 is 0 Å². The Morgan fingerprint density at radius 2 is 2.07 bits per heavy atom. The van der Waals surface area contributed by atoms with Crippen molar-refractivity contribution in [2.75, 3.05) is 10.7 Å². The molecular formula is C23H21N3OS. The molecule has 0 radical (unpaired) electrons. The molecule has 4 nitrogen and oxygen atoms in total. The van der Waals surface area contributed by atoms with Crippen LogP contribution in [0.25, 0.3) is 10.9 Å². The van der Waals surface area contributed by atoms with Crippen molar-refractivity contribution in [2.45, 2.75) is 38.3 Å². The van der Waals surface area contributed by atoms with Gasteiger partial charge in [0.25, 0.3) is 0 Å². The first-order valence-corrected chi connectivity index (χ1v) is 10.3. The number of aryl methyl sites for hydroxylation is 2. The van der Waals surface area contributed by atoms with Gasteiger partial charge in [-0.2, -0.15) is 5.26 Å². The van der Waals surface area contributed by atoms with E-state index in [1.54, 1.807) is 0 Å². The number of hydrogen-bond donors (Lipinski definition) is 0. The minimum Gasteiger partial charge on any atom is -0.308 e. The van der Waals surface area contributed by atoms with Crippen LogP contribution in [0, 0.1) is 25.2 Å². The highest BCUT2D eigenvalue weighted by molar-refractivity contribution is 8.00. The fraction of sp³-hybridized carbons (Fsp3) is 0.261. The number of carbonyl (C=O) groups is 1. The van der Waals surface area contributed by atoms with E-state index in [2.05, 4.69) is 25.1 Å². The molecule has 2 aromatic carbocycles. The number of amides is 1. The molecule has 1 aliphatic rings. The second-order valence-electron chi connectivity index (χ2n) is 7.34. The lowest BCUT2D eigenvalue weighted by atomic mass is 10.1. The zero-order valence-corrected chi connectivity index (χ0v) is 17.0. The molecule has 0 N–H and O–H groups in total. The highest BCUT2D eigenvalue weighted by Gasteiger charge is 2.30. The van der Waals surface area contributed by atoms with Crippen LogP contribution in [0.5, 0.6) is 0 Å². The Labute approximate surface area is 169 Å². The lowest BCUT2D eigenvalue weighted by Crippen LogP contribution is -2.37. The first-order valence-electron chi connectivity index (χ1n) is 9.33. The number of anilines is 1. The van der Waals surface area contributed by atoms with Crippen molar-refractivity contribution in [3.63, 3.8) is 0 Å². The van der Waals surface area contributed by atoms with E-state index in [-0.39, 0.29) is 17.7 Å². The molecule has 1 amide bonds. The van der Waals surface area contributed by atoms with E-state index < -0.39 is 0 Å². The number of nitriles is 1. The number of thioether (sulfide) groups is 1. The highest BCUT2D eigenvalue weighted by Crippen LogP contribution is 2.33. The Morgan fingerprint density at radius 1 is 1.29 bits per heavy atom. The summed E-state index contributed by atoms with van der Waals surface area (Å²) in [4.78, 5) is 19.5. The third-order valence-corrected chi connectivity index (χ3v) is 6.16. The van der Waals surface area contributed by atoms with Crippen LogP contribution in [-0.4, -0.2) is 22.7 Å². The molecule has 3 aromatic rings. The van der Waals surface area contributed by atoms with E-state index in [9.17, 15) is 10.1 Å². The summed E-state index contributed by atoms with van der Waals surface area (Å²) in [5.41, 5.74) is 5.84. The van der Waals surface area contributed by atoms with Gasteiger partial charge in [0.15, 0.2) is 0 Å². The fourth-order valence-electron chi connectivity index (χ4n) is 3.95. The minimum atomic E-state index is 0.0497. The lowest BCUT2D eigenvalue weighted by molar-refractivity contribution is -0.116. The summed E-state index contributed by atoms with van der Waals surface area (Å²) in [6, 6.07) is 16.4. The Balaban J connectivity index is 1.61. The third kappa shape index (κ3) is 3.25. The molecule has 0 fully saturated rings. The summed E-state index contributed by atoms with van der Waals surface area (Å²) in [5.74, 6) is 0.310. The Hall–Kier alpha value is -2.84. The van der Waals surface area contributed by atoms with Crippen LogP contribution in [0.3, 0.4) is 0 Å². The van der Waals surface area contributed by atoms with Gasteiger partial charge in [0.1, 0.15) is 11.1 Å². The SMILES string of the molecule is Cc1cc(C)c2cc(C#N)c(SCC(=O)N3c4ccccc4CC3C)nc2c1. The van der Waals surface area contributed by atoms with Gasteiger partial charge in [-0.05, 0) is 62.1 Å². The van der Waals surface area contributed by atoms with Gasteiger partial charge in [-0.3, -0.25) is 4.79 Å². The maximum Gasteiger partial charge on any atom is 0.237 e. The Morgan fingerprint density at radius 3 is 2.86 bits per heavy atom. The number of aromatic nitrogens is 1. The summed E-state index contributed by atoms with van der Waals surface area (Å²) >= 11 is 1.35. The Bertz CT molecular complexity index is 1130. The van der Waals surface area contributed by atoms with E-state index in [0.717, 1.165) is 34.1 Å². The van der Waals surface area contributed by atoms with Crippen LogP contribution < -0.4 is 4.90 Å². The van der Waals surface area contributed by atoms with Crippen LogP contribution in [-0.2, 0) is 11.2 Å². The van der Waals surface area contributed by atoms with Gasteiger partial charge in [0.2, 0.25) is 5.91 Å². The summed E-state index contributed by atoms with van der Waals surface area (Å²) in [5, 5.41) is 11.2. The van der Waals surface area contributed by atoms with E-state index in [1.165, 1.54) is 17.3 Å². The van der Waals surface area contributed by atoms with Gasteiger partial charge in [-0.1, -0.05) is 36.0 Å². The maximum atomic E-state index is 13.0. The topological polar surface area (TPSA) is 57.0 Å². The Kier molecular flexibility index (Phi) is 4.82. The molecule has 0 bridgehead atoms. The molecule has 2 heterocycles. The third-order valence-electron chi connectivity index (χ3n) is 5.18. The van der Waals surface area contributed by atoms with Gasteiger partial charge in [0.05, 0.1) is 16.8 Å². The van der Waals surface area contributed by atoms with Gasteiger partial charge in [-0.25, -0.2) is 4.98 Å². The summed E-state index contributed by atoms with van der Waals surface area (Å²) in [6.45, 7) is 6.14. The standard InChI is InChI=1S/C23H21N3OS/c1-14-8-15(2)19-11-18(12-24)23(25-20(19)9-14)28-13-22(27)26-16(3)10-17-6-4-5-7-21(17)26/h4-9,11,16H,10,13H2,1-3H3. The minimum absolute atomic E-state index is 0.0497. The second kappa shape index (κ2) is 7.29. The predicted octanol–water partition coefficient (Wildman–Crippen LogP) is 4.79. The highest BCUT2D eigenvalue weighted by atomic mass is 32.2. The first kappa shape index (κ1) is 18.5. The molecule has 1 aliphatic heterocycles. The molecule has 0 aliphatic carbocycles. The van der Waals surface area contributed by atoms with Crippen molar-refractivity contribution in [3.8, 4) is 6.07 Å². The van der Waals surface area contributed by atoms with Gasteiger partial charge >= 0.3 is 0 Å². The molecule has 0 saturated heterocycles. The number of benzene rings is 2. The normalized spacial score (nSPS) is 15.5. The summed E-state index contributed by atoms with van der Waals surface area (Å²) < 4.78 is 0. The molecule has 1 unspecified atom stereocenters. The first-order chi connectivity index (χ1) is 13.5. The zero-order valence-electron chi connectivity index (χ0n) is 16.2. The second-order valence-corrected chi connectivity index (χ2v) is 8.30. The summed E-state index contributed by atoms with van der Waals surface area (Å²) in [7, 11) is 0. The molecule has 1 aromatic heterocycles.